The van der Waals surface area contributed by atoms with Crippen LogP contribution in [0.1, 0.15) is 36.9 Å². The monoisotopic (exact) mass is 369 g/mol. The standard InChI is InChI=1S/C22H28FN3O/c1-17(19-8-10-20(23)11-9-19)25(2)22(27)24-21-12-14-26(15-13-21)16-18-6-4-3-5-7-18/h3-11,17,21H,12-16H2,1-2H3,(H,24,27)/t17-/m1/s1. The van der Waals surface area contributed by atoms with Crippen LogP contribution in [0.2, 0.25) is 0 Å². The van der Waals surface area contributed by atoms with Crippen molar-refractivity contribution in [1.29, 1.82) is 0 Å². The highest BCUT2D eigenvalue weighted by Gasteiger charge is 2.24. The van der Waals surface area contributed by atoms with E-state index in [0.29, 0.717) is 0 Å². The molecule has 1 aliphatic rings. The summed E-state index contributed by atoms with van der Waals surface area (Å²) in [4.78, 5) is 16.7. The van der Waals surface area contributed by atoms with Crippen LogP contribution in [0.25, 0.3) is 0 Å². The van der Waals surface area contributed by atoms with Crippen LogP contribution in [0.5, 0.6) is 0 Å². The van der Waals surface area contributed by atoms with Crippen LogP contribution in [-0.2, 0) is 6.54 Å². The molecule has 1 heterocycles. The van der Waals surface area contributed by atoms with Crippen LogP contribution < -0.4 is 5.32 Å². The molecule has 0 unspecified atom stereocenters. The Morgan fingerprint density at radius 2 is 1.78 bits per heavy atom. The Morgan fingerprint density at radius 3 is 2.41 bits per heavy atom. The number of piperidine rings is 1. The molecule has 5 heteroatoms. The third kappa shape index (κ3) is 5.30. The Kier molecular flexibility index (Phi) is 6.45. The molecule has 2 aromatic rings. The molecule has 2 amide bonds. The van der Waals surface area contributed by atoms with E-state index in [1.54, 1.807) is 24.1 Å². The van der Waals surface area contributed by atoms with E-state index < -0.39 is 0 Å². The van der Waals surface area contributed by atoms with Gasteiger partial charge in [-0.1, -0.05) is 42.5 Å². The zero-order chi connectivity index (χ0) is 19.2. The maximum absolute atomic E-state index is 13.1. The van der Waals surface area contributed by atoms with Crippen LogP contribution in [0.15, 0.2) is 54.6 Å². The second kappa shape index (κ2) is 9.00. The smallest absolute Gasteiger partial charge is 0.317 e. The summed E-state index contributed by atoms with van der Waals surface area (Å²) in [6.45, 7) is 4.88. The number of carbonyl (C=O) groups is 1. The largest absolute Gasteiger partial charge is 0.335 e. The van der Waals surface area contributed by atoms with E-state index in [4.69, 9.17) is 0 Å². The fraction of sp³-hybridized carbons (Fsp3) is 0.409. The van der Waals surface area contributed by atoms with Crippen molar-refractivity contribution in [3.63, 3.8) is 0 Å². The van der Waals surface area contributed by atoms with Crippen LogP contribution in [-0.4, -0.2) is 42.0 Å². The SMILES string of the molecule is C[C@H](c1ccc(F)cc1)N(C)C(=O)NC1CCN(Cc2ccccc2)CC1. The molecule has 1 N–H and O–H groups in total. The lowest BCUT2D eigenvalue weighted by molar-refractivity contribution is 0.167. The molecule has 144 valence electrons. The number of nitrogens with one attached hydrogen (secondary N) is 1. The summed E-state index contributed by atoms with van der Waals surface area (Å²) in [6.07, 6.45) is 1.91. The van der Waals surface area contributed by atoms with Gasteiger partial charge in [0.1, 0.15) is 5.82 Å². The molecule has 3 rings (SSSR count). The summed E-state index contributed by atoms with van der Waals surface area (Å²) in [5.74, 6) is -0.264. The minimum Gasteiger partial charge on any atom is -0.335 e. The van der Waals surface area contributed by atoms with Gasteiger partial charge in [0, 0.05) is 32.7 Å². The summed E-state index contributed by atoms with van der Waals surface area (Å²) < 4.78 is 13.1. The van der Waals surface area contributed by atoms with Gasteiger partial charge in [0.2, 0.25) is 0 Å². The topological polar surface area (TPSA) is 35.6 Å². The number of amides is 2. The number of halogens is 1. The summed E-state index contributed by atoms with van der Waals surface area (Å²) in [5.41, 5.74) is 2.25. The average molecular weight is 369 g/mol. The molecule has 0 aromatic heterocycles. The van der Waals surface area contributed by atoms with E-state index >= 15 is 0 Å². The first kappa shape index (κ1) is 19.4. The van der Waals surface area contributed by atoms with Gasteiger partial charge in [-0.3, -0.25) is 4.90 Å². The molecule has 1 saturated heterocycles. The highest BCUT2D eigenvalue weighted by Crippen LogP contribution is 2.20. The van der Waals surface area contributed by atoms with E-state index in [-0.39, 0.29) is 23.9 Å². The van der Waals surface area contributed by atoms with Gasteiger partial charge in [-0.05, 0) is 43.0 Å². The number of rotatable bonds is 5. The van der Waals surface area contributed by atoms with E-state index in [9.17, 15) is 9.18 Å². The summed E-state index contributed by atoms with van der Waals surface area (Å²) in [5, 5.41) is 3.15. The van der Waals surface area contributed by atoms with Crippen molar-refractivity contribution in [3.8, 4) is 0 Å². The van der Waals surface area contributed by atoms with Gasteiger partial charge >= 0.3 is 6.03 Å². The molecule has 4 nitrogen and oxygen atoms in total. The summed E-state index contributed by atoms with van der Waals surface area (Å²) >= 11 is 0. The van der Waals surface area contributed by atoms with Crippen molar-refractivity contribution in [2.45, 2.75) is 38.4 Å². The third-order valence-electron chi connectivity index (χ3n) is 5.42. The first-order chi connectivity index (χ1) is 13.0. The van der Waals surface area contributed by atoms with Gasteiger partial charge in [-0.2, -0.15) is 0 Å². The minimum atomic E-state index is -0.264. The molecule has 0 radical (unpaired) electrons. The Morgan fingerprint density at radius 1 is 1.15 bits per heavy atom. The lowest BCUT2D eigenvalue weighted by Crippen LogP contribution is -2.48. The number of hydrogen-bond acceptors (Lipinski definition) is 2. The van der Waals surface area contributed by atoms with Crippen molar-refractivity contribution in [2.24, 2.45) is 0 Å². The zero-order valence-electron chi connectivity index (χ0n) is 16.1. The number of benzene rings is 2. The molecular weight excluding hydrogens is 341 g/mol. The van der Waals surface area contributed by atoms with Crippen LogP contribution >= 0.6 is 0 Å². The fourth-order valence-electron chi connectivity index (χ4n) is 3.49. The number of carbonyl (C=O) groups excluding carboxylic acids is 1. The van der Waals surface area contributed by atoms with Gasteiger partial charge in [-0.25, -0.2) is 9.18 Å². The van der Waals surface area contributed by atoms with Crippen molar-refractivity contribution >= 4 is 6.03 Å². The molecular formula is C22H28FN3O. The van der Waals surface area contributed by atoms with Gasteiger partial charge in [-0.15, -0.1) is 0 Å². The van der Waals surface area contributed by atoms with Crippen LogP contribution in [0.3, 0.4) is 0 Å². The van der Waals surface area contributed by atoms with E-state index in [0.717, 1.165) is 38.0 Å². The van der Waals surface area contributed by atoms with Gasteiger partial charge in [0.15, 0.2) is 0 Å². The molecule has 0 bridgehead atoms. The summed E-state index contributed by atoms with van der Waals surface area (Å²) in [6, 6.07) is 16.8. The lowest BCUT2D eigenvalue weighted by Gasteiger charge is -2.34. The van der Waals surface area contributed by atoms with E-state index in [1.165, 1.54) is 17.7 Å². The van der Waals surface area contributed by atoms with Gasteiger partial charge < -0.3 is 10.2 Å². The van der Waals surface area contributed by atoms with Crippen molar-refractivity contribution in [2.75, 3.05) is 20.1 Å². The average Bonchev–Trinajstić information content (AvgIpc) is 2.69. The molecule has 0 saturated carbocycles. The van der Waals surface area contributed by atoms with E-state index in [2.05, 4.69) is 34.5 Å². The predicted octanol–water partition coefficient (Wildman–Crippen LogP) is 4.19. The second-order valence-electron chi connectivity index (χ2n) is 7.32. The predicted molar refractivity (Wildman–Crippen MR) is 106 cm³/mol. The maximum Gasteiger partial charge on any atom is 0.317 e. The first-order valence-electron chi connectivity index (χ1n) is 9.58. The molecule has 0 spiro atoms. The number of nitrogens with zero attached hydrogens (tertiary/aromatic N) is 2. The second-order valence-corrected chi connectivity index (χ2v) is 7.32. The first-order valence-corrected chi connectivity index (χ1v) is 9.58. The van der Waals surface area contributed by atoms with Crippen molar-refractivity contribution in [1.82, 2.24) is 15.1 Å². The van der Waals surface area contributed by atoms with Gasteiger partial charge in [0.05, 0.1) is 6.04 Å². The molecule has 27 heavy (non-hydrogen) atoms. The molecule has 0 aliphatic carbocycles. The number of urea groups is 1. The molecule has 1 aliphatic heterocycles. The highest BCUT2D eigenvalue weighted by molar-refractivity contribution is 5.74. The molecule has 1 fully saturated rings. The normalized spacial score (nSPS) is 16.7. The number of hydrogen-bond donors (Lipinski definition) is 1. The van der Waals surface area contributed by atoms with Gasteiger partial charge in [0.25, 0.3) is 0 Å². The Hall–Kier alpha value is -2.40. The molecule has 1 atom stereocenters. The Bertz CT molecular complexity index is 727. The summed E-state index contributed by atoms with van der Waals surface area (Å²) in [7, 11) is 1.79. The molecule has 2 aromatic carbocycles. The van der Waals surface area contributed by atoms with Crippen LogP contribution in [0, 0.1) is 5.82 Å². The highest BCUT2D eigenvalue weighted by atomic mass is 19.1. The van der Waals surface area contributed by atoms with E-state index in [1.807, 2.05) is 13.0 Å². The quantitative estimate of drug-likeness (QED) is 0.858. The maximum atomic E-state index is 13.1. The third-order valence-corrected chi connectivity index (χ3v) is 5.42. The Balaban J connectivity index is 1.46. The zero-order valence-corrected chi connectivity index (χ0v) is 16.1. The minimum absolute atomic E-state index is 0.0756. The lowest BCUT2D eigenvalue weighted by atomic mass is 10.0. The fourth-order valence-corrected chi connectivity index (χ4v) is 3.49. The number of likely N-dealkylation sites (tertiary alicyclic amines) is 1. The van der Waals surface area contributed by atoms with Crippen LogP contribution in [0.4, 0.5) is 9.18 Å². The Labute approximate surface area is 161 Å². The van der Waals surface area contributed by atoms with Crippen molar-refractivity contribution < 1.29 is 9.18 Å². The van der Waals surface area contributed by atoms with Crippen molar-refractivity contribution in [3.05, 3.63) is 71.5 Å².